The topological polar surface area (TPSA) is 67.5 Å². The highest BCUT2D eigenvalue weighted by Crippen LogP contribution is 2.24. The van der Waals surface area contributed by atoms with Crippen LogP contribution in [0.15, 0.2) is 18.2 Å². The van der Waals surface area contributed by atoms with Crippen molar-refractivity contribution in [3.8, 4) is 11.5 Å². The van der Waals surface area contributed by atoms with Gasteiger partial charge in [-0.1, -0.05) is 12.8 Å². The fourth-order valence-electron chi connectivity index (χ4n) is 2.48. The van der Waals surface area contributed by atoms with Crippen molar-refractivity contribution in [2.45, 2.75) is 44.3 Å². The molecule has 0 radical (unpaired) electrons. The van der Waals surface area contributed by atoms with Gasteiger partial charge in [-0.3, -0.25) is 0 Å². The van der Waals surface area contributed by atoms with Crippen molar-refractivity contribution in [2.75, 3.05) is 7.11 Å². The van der Waals surface area contributed by atoms with Crippen LogP contribution in [0.3, 0.4) is 0 Å². The van der Waals surface area contributed by atoms with Gasteiger partial charge in [0.15, 0.2) is 0 Å². The van der Waals surface area contributed by atoms with E-state index >= 15 is 0 Å². The summed E-state index contributed by atoms with van der Waals surface area (Å²) >= 11 is 0. The van der Waals surface area contributed by atoms with Gasteiger partial charge in [-0.2, -0.15) is 0 Å². The fourth-order valence-corrected chi connectivity index (χ4v) is 2.48. The van der Waals surface area contributed by atoms with E-state index in [4.69, 9.17) is 10.5 Å². The third-order valence-electron chi connectivity index (χ3n) is 3.66. The first-order valence-electron chi connectivity index (χ1n) is 6.55. The number of benzene rings is 1. The minimum atomic E-state index is 0.228. The molecule has 0 heterocycles. The van der Waals surface area contributed by atoms with Gasteiger partial charge in [-0.15, -0.1) is 0 Å². The lowest BCUT2D eigenvalue weighted by atomic mass is 9.91. The Kier molecular flexibility index (Phi) is 4.44. The quantitative estimate of drug-likeness (QED) is 0.761. The van der Waals surface area contributed by atoms with Crippen LogP contribution in [0.4, 0.5) is 0 Å². The summed E-state index contributed by atoms with van der Waals surface area (Å²) in [7, 11) is 1.63. The molecular weight excluding hydrogens is 228 g/mol. The van der Waals surface area contributed by atoms with Gasteiger partial charge in [0.05, 0.1) is 7.11 Å². The number of nitrogens with one attached hydrogen (secondary N) is 1. The molecule has 0 amide bonds. The summed E-state index contributed by atoms with van der Waals surface area (Å²) in [5.41, 5.74) is 6.94. The van der Waals surface area contributed by atoms with Gasteiger partial charge >= 0.3 is 0 Å². The fraction of sp³-hybridized carbons (Fsp3) is 0.571. The molecule has 0 bridgehead atoms. The van der Waals surface area contributed by atoms with Crippen LogP contribution in [0.25, 0.3) is 0 Å². The normalized spacial score (nSPS) is 23.9. The Morgan fingerprint density at radius 1 is 1.39 bits per heavy atom. The van der Waals surface area contributed by atoms with E-state index in [0.717, 1.165) is 24.2 Å². The third kappa shape index (κ3) is 3.15. The molecule has 1 aromatic carbocycles. The first kappa shape index (κ1) is 13.2. The summed E-state index contributed by atoms with van der Waals surface area (Å²) in [6, 6.07) is 5.86. The Balaban J connectivity index is 1.96. The van der Waals surface area contributed by atoms with Crippen LogP contribution in [0.1, 0.15) is 31.2 Å². The van der Waals surface area contributed by atoms with E-state index in [-0.39, 0.29) is 6.04 Å². The molecule has 0 saturated heterocycles. The summed E-state index contributed by atoms with van der Waals surface area (Å²) < 4.78 is 5.16. The minimum absolute atomic E-state index is 0.228. The predicted octanol–water partition coefficient (Wildman–Crippen LogP) is 1.76. The highest BCUT2D eigenvalue weighted by molar-refractivity contribution is 5.39. The van der Waals surface area contributed by atoms with Crippen LogP contribution >= 0.6 is 0 Å². The molecule has 4 heteroatoms. The van der Waals surface area contributed by atoms with Crippen LogP contribution in [-0.2, 0) is 6.54 Å². The van der Waals surface area contributed by atoms with E-state index < -0.39 is 0 Å². The average Bonchev–Trinajstić information content (AvgIpc) is 2.39. The van der Waals surface area contributed by atoms with E-state index in [1.807, 2.05) is 6.07 Å². The van der Waals surface area contributed by atoms with E-state index in [1.165, 1.54) is 12.8 Å². The molecule has 0 aliphatic heterocycles. The Bertz CT molecular complexity index is 395. The molecule has 18 heavy (non-hydrogen) atoms. The summed E-state index contributed by atoms with van der Waals surface area (Å²) in [5, 5.41) is 13.2. The van der Waals surface area contributed by atoms with Gasteiger partial charge < -0.3 is 20.9 Å². The minimum Gasteiger partial charge on any atom is -0.508 e. The molecule has 2 atom stereocenters. The molecule has 1 saturated carbocycles. The number of hydrogen-bond acceptors (Lipinski definition) is 4. The monoisotopic (exact) mass is 250 g/mol. The molecule has 0 unspecified atom stereocenters. The highest BCUT2D eigenvalue weighted by atomic mass is 16.5. The number of ether oxygens (including phenoxy) is 1. The zero-order valence-electron chi connectivity index (χ0n) is 10.9. The van der Waals surface area contributed by atoms with Crippen molar-refractivity contribution in [3.63, 3.8) is 0 Å². The highest BCUT2D eigenvalue weighted by Gasteiger charge is 2.21. The van der Waals surface area contributed by atoms with Gasteiger partial charge in [0.1, 0.15) is 11.5 Å². The third-order valence-corrected chi connectivity index (χ3v) is 3.66. The van der Waals surface area contributed by atoms with Crippen molar-refractivity contribution >= 4 is 0 Å². The second-order valence-electron chi connectivity index (χ2n) is 4.93. The second kappa shape index (κ2) is 6.07. The maximum Gasteiger partial charge on any atom is 0.120 e. The molecule has 1 aromatic rings. The number of nitrogens with two attached hydrogens (primary N) is 1. The van der Waals surface area contributed by atoms with Gasteiger partial charge in [0.25, 0.3) is 0 Å². The number of rotatable bonds is 4. The summed E-state index contributed by atoms with van der Waals surface area (Å²) in [6.07, 6.45) is 4.66. The van der Waals surface area contributed by atoms with Crippen LogP contribution in [-0.4, -0.2) is 24.3 Å². The van der Waals surface area contributed by atoms with Crippen LogP contribution < -0.4 is 15.8 Å². The zero-order valence-corrected chi connectivity index (χ0v) is 10.9. The molecule has 0 aromatic heterocycles. The summed E-state index contributed by atoms with van der Waals surface area (Å²) in [6.45, 7) is 0.626. The largest absolute Gasteiger partial charge is 0.508 e. The molecule has 1 fully saturated rings. The van der Waals surface area contributed by atoms with Crippen molar-refractivity contribution in [2.24, 2.45) is 5.73 Å². The number of hydrogen-bond donors (Lipinski definition) is 3. The summed E-state index contributed by atoms with van der Waals surface area (Å²) in [4.78, 5) is 0. The van der Waals surface area contributed by atoms with Gasteiger partial charge in [-0.05, 0) is 31.0 Å². The first-order valence-corrected chi connectivity index (χ1v) is 6.55. The number of phenols is 1. The predicted molar refractivity (Wildman–Crippen MR) is 71.7 cm³/mol. The van der Waals surface area contributed by atoms with E-state index in [0.29, 0.717) is 18.3 Å². The number of aromatic hydroxyl groups is 1. The van der Waals surface area contributed by atoms with Crippen molar-refractivity contribution in [1.29, 1.82) is 0 Å². The molecule has 0 spiro atoms. The molecule has 4 N–H and O–H groups in total. The lowest BCUT2D eigenvalue weighted by Gasteiger charge is -2.29. The van der Waals surface area contributed by atoms with Gasteiger partial charge in [0.2, 0.25) is 0 Å². The lowest BCUT2D eigenvalue weighted by molar-refractivity contribution is 0.324. The maximum absolute atomic E-state index is 9.80. The Morgan fingerprint density at radius 2 is 2.17 bits per heavy atom. The number of phenolic OH excluding ortho intramolecular Hbond substituents is 1. The lowest BCUT2D eigenvalue weighted by Crippen LogP contribution is -2.46. The van der Waals surface area contributed by atoms with Crippen molar-refractivity contribution in [1.82, 2.24) is 5.32 Å². The Morgan fingerprint density at radius 3 is 2.89 bits per heavy atom. The van der Waals surface area contributed by atoms with Crippen molar-refractivity contribution < 1.29 is 9.84 Å². The van der Waals surface area contributed by atoms with Gasteiger partial charge in [0, 0.05) is 24.2 Å². The smallest absolute Gasteiger partial charge is 0.120 e. The molecular formula is C14H22N2O2. The summed E-state index contributed by atoms with van der Waals surface area (Å²) in [5.74, 6) is 1.06. The Labute approximate surface area is 108 Å². The van der Waals surface area contributed by atoms with E-state index in [2.05, 4.69) is 5.32 Å². The second-order valence-corrected chi connectivity index (χ2v) is 4.93. The molecule has 100 valence electrons. The maximum atomic E-state index is 9.80. The molecule has 4 nitrogen and oxygen atoms in total. The molecule has 2 rings (SSSR count). The van der Waals surface area contributed by atoms with Crippen LogP contribution in [0.2, 0.25) is 0 Å². The van der Waals surface area contributed by atoms with Gasteiger partial charge in [-0.25, -0.2) is 0 Å². The average molecular weight is 250 g/mol. The number of methoxy groups -OCH3 is 1. The van der Waals surface area contributed by atoms with Crippen LogP contribution in [0, 0.1) is 0 Å². The zero-order chi connectivity index (χ0) is 13.0. The first-order chi connectivity index (χ1) is 8.70. The molecule has 1 aliphatic rings. The SMILES string of the molecule is COc1ccc(O)c(CN[C@H]2CCCC[C@@H]2N)c1. The Hall–Kier alpha value is -1.26. The standard InChI is InChI=1S/C14H22N2O2/c1-18-11-6-7-14(17)10(8-11)9-16-13-5-3-2-4-12(13)15/h6-8,12-13,16-17H,2-5,9,15H2,1H3/t12-,13-/m0/s1. The van der Waals surface area contributed by atoms with E-state index in [1.54, 1.807) is 19.2 Å². The van der Waals surface area contributed by atoms with E-state index in [9.17, 15) is 5.11 Å². The van der Waals surface area contributed by atoms with Crippen LogP contribution in [0.5, 0.6) is 11.5 Å². The molecule has 1 aliphatic carbocycles. The van der Waals surface area contributed by atoms with Crippen molar-refractivity contribution in [3.05, 3.63) is 23.8 Å².